The molecule has 0 aromatic rings. The smallest absolute Gasteiger partial charge is 0.00223 e. The van der Waals surface area contributed by atoms with Gasteiger partial charge in [-0.25, -0.2) is 0 Å². The Bertz CT molecular complexity index is 132. The summed E-state index contributed by atoms with van der Waals surface area (Å²) in [4.78, 5) is 2.59. The van der Waals surface area contributed by atoms with Crippen LogP contribution in [0.1, 0.15) is 19.3 Å². The molecular formula is C9H18N2. The molecule has 0 spiro atoms. The van der Waals surface area contributed by atoms with Crippen LogP contribution in [0.5, 0.6) is 0 Å². The second-order valence-electron chi connectivity index (χ2n) is 4.09. The molecule has 1 atom stereocenters. The summed E-state index contributed by atoms with van der Waals surface area (Å²) in [6.45, 7) is 4.82. The minimum absolute atomic E-state index is 0.800. The molecule has 11 heavy (non-hydrogen) atoms. The summed E-state index contributed by atoms with van der Waals surface area (Å²) in [7, 11) is 0. The monoisotopic (exact) mass is 154 g/mol. The highest BCUT2D eigenvalue weighted by molar-refractivity contribution is 4.82. The molecule has 1 saturated carbocycles. The number of nitrogens with two attached hydrogens (primary N) is 1. The van der Waals surface area contributed by atoms with Crippen LogP contribution in [-0.4, -0.2) is 31.1 Å². The van der Waals surface area contributed by atoms with Gasteiger partial charge in [0.15, 0.2) is 0 Å². The lowest BCUT2D eigenvalue weighted by Crippen LogP contribution is -2.25. The first-order chi connectivity index (χ1) is 5.38. The molecule has 2 fully saturated rings. The SMILES string of the molecule is NCC1CCN(CC2CC2)C1. The maximum Gasteiger partial charge on any atom is 0.00223 e. The second-order valence-corrected chi connectivity index (χ2v) is 4.09. The Morgan fingerprint density at radius 1 is 1.18 bits per heavy atom. The molecule has 0 bridgehead atoms. The van der Waals surface area contributed by atoms with Gasteiger partial charge in [-0.2, -0.15) is 0 Å². The fourth-order valence-corrected chi connectivity index (χ4v) is 1.94. The third kappa shape index (κ3) is 1.94. The lowest BCUT2D eigenvalue weighted by molar-refractivity contribution is 0.312. The summed E-state index contributed by atoms with van der Waals surface area (Å²) in [6, 6.07) is 0. The predicted molar refractivity (Wildman–Crippen MR) is 46.3 cm³/mol. The molecule has 2 aliphatic rings. The van der Waals surface area contributed by atoms with E-state index in [0.29, 0.717) is 0 Å². The lowest BCUT2D eigenvalue weighted by Gasteiger charge is -2.14. The summed E-state index contributed by atoms with van der Waals surface area (Å²) in [6.07, 6.45) is 4.29. The van der Waals surface area contributed by atoms with Gasteiger partial charge in [-0.3, -0.25) is 0 Å². The third-order valence-electron chi connectivity index (χ3n) is 2.92. The van der Waals surface area contributed by atoms with Crippen LogP contribution < -0.4 is 5.73 Å². The van der Waals surface area contributed by atoms with Crippen molar-refractivity contribution in [3.05, 3.63) is 0 Å². The minimum atomic E-state index is 0.800. The van der Waals surface area contributed by atoms with Gasteiger partial charge in [0.2, 0.25) is 0 Å². The normalized spacial score (nSPS) is 33.0. The van der Waals surface area contributed by atoms with E-state index in [-0.39, 0.29) is 0 Å². The molecule has 1 saturated heterocycles. The molecular weight excluding hydrogens is 136 g/mol. The second kappa shape index (κ2) is 3.11. The third-order valence-corrected chi connectivity index (χ3v) is 2.92. The first-order valence-corrected chi connectivity index (χ1v) is 4.81. The van der Waals surface area contributed by atoms with Gasteiger partial charge in [0, 0.05) is 13.1 Å². The van der Waals surface area contributed by atoms with Crippen LogP contribution in [0.3, 0.4) is 0 Å². The molecule has 2 nitrogen and oxygen atoms in total. The Labute approximate surface area is 68.7 Å². The highest BCUT2D eigenvalue weighted by atomic mass is 15.1. The molecule has 0 aromatic heterocycles. The van der Waals surface area contributed by atoms with Gasteiger partial charge in [0.25, 0.3) is 0 Å². The van der Waals surface area contributed by atoms with Gasteiger partial charge < -0.3 is 10.6 Å². The van der Waals surface area contributed by atoms with Crippen LogP contribution in [0.4, 0.5) is 0 Å². The molecule has 1 unspecified atom stereocenters. The number of hydrogen-bond donors (Lipinski definition) is 1. The summed E-state index contributed by atoms with van der Waals surface area (Å²) >= 11 is 0. The van der Waals surface area contributed by atoms with Gasteiger partial charge in [-0.1, -0.05) is 0 Å². The zero-order valence-corrected chi connectivity index (χ0v) is 7.13. The Kier molecular flexibility index (Phi) is 2.14. The lowest BCUT2D eigenvalue weighted by atomic mass is 10.1. The quantitative estimate of drug-likeness (QED) is 0.647. The molecule has 2 rings (SSSR count). The topological polar surface area (TPSA) is 29.3 Å². The van der Waals surface area contributed by atoms with E-state index in [0.717, 1.165) is 18.4 Å². The van der Waals surface area contributed by atoms with Crippen molar-refractivity contribution >= 4 is 0 Å². The zero-order chi connectivity index (χ0) is 7.68. The largest absolute Gasteiger partial charge is 0.330 e. The maximum absolute atomic E-state index is 5.62. The van der Waals surface area contributed by atoms with Crippen LogP contribution >= 0.6 is 0 Å². The summed E-state index contributed by atoms with van der Waals surface area (Å²) in [5.74, 6) is 1.85. The molecule has 0 radical (unpaired) electrons. The van der Waals surface area contributed by atoms with Gasteiger partial charge >= 0.3 is 0 Å². The van der Waals surface area contributed by atoms with Crippen LogP contribution in [0.15, 0.2) is 0 Å². The van der Waals surface area contributed by atoms with E-state index < -0.39 is 0 Å². The average molecular weight is 154 g/mol. The standard InChI is InChI=1S/C9H18N2/c10-5-9-3-4-11(7-9)6-8-1-2-8/h8-9H,1-7,10H2. The molecule has 64 valence electrons. The molecule has 1 heterocycles. The molecule has 1 aliphatic carbocycles. The molecule has 0 aromatic carbocycles. The van der Waals surface area contributed by atoms with Crippen molar-refractivity contribution in [2.75, 3.05) is 26.2 Å². The maximum atomic E-state index is 5.62. The Hall–Kier alpha value is -0.0800. The first kappa shape index (κ1) is 7.56. The van der Waals surface area contributed by atoms with Crippen molar-refractivity contribution in [3.63, 3.8) is 0 Å². The number of rotatable bonds is 3. The fraction of sp³-hybridized carbons (Fsp3) is 1.00. The first-order valence-electron chi connectivity index (χ1n) is 4.81. The average Bonchev–Trinajstić information content (AvgIpc) is 2.68. The van der Waals surface area contributed by atoms with Gasteiger partial charge in [-0.15, -0.1) is 0 Å². The van der Waals surface area contributed by atoms with E-state index in [9.17, 15) is 0 Å². The Balaban J connectivity index is 1.70. The van der Waals surface area contributed by atoms with E-state index in [1.54, 1.807) is 0 Å². The van der Waals surface area contributed by atoms with E-state index in [1.165, 1.54) is 38.9 Å². The van der Waals surface area contributed by atoms with E-state index in [2.05, 4.69) is 4.90 Å². The minimum Gasteiger partial charge on any atom is -0.330 e. The van der Waals surface area contributed by atoms with Crippen molar-refractivity contribution in [2.45, 2.75) is 19.3 Å². The predicted octanol–water partition coefficient (Wildman–Crippen LogP) is 0.677. The number of nitrogens with zero attached hydrogens (tertiary/aromatic N) is 1. The van der Waals surface area contributed by atoms with Gasteiger partial charge in [-0.05, 0) is 44.2 Å². The van der Waals surface area contributed by atoms with Crippen molar-refractivity contribution in [1.82, 2.24) is 4.90 Å². The van der Waals surface area contributed by atoms with E-state index >= 15 is 0 Å². The van der Waals surface area contributed by atoms with E-state index in [1.807, 2.05) is 0 Å². The van der Waals surface area contributed by atoms with Crippen molar-refractivity contribution in [1.29, 1.82) is 0 Å². The molecule has 1 aliphatic heterocycles. The highest BCUT2D eigenvalue weighted by Crippen LogP contribution is 2.31. The van der Waals surface area contributed by atoms with Crippen LogP contribution in [0.25, 0.3) is 0 Å². The van der Waals surface area contributed by atoms with Crippen molar-refractivity contribution in [2.24, 2.45) is 17.6 Å². The Morgan fingerprint density at radius 2 is 2.00 bits per heavy atom. The highest BCUT2D eigenvalue weighted by Gasteiger charge is 2.28. The van der Waals surface area contributed by atoms with Gasteiger partial charge in [0.05, 0.1) is 0 Å². The fourth-order valence-electron chi connectivity index (χ4n) is 1.94. The van der Waals surface area contributed by atoms with Crippen molar-refractivity contribution < 1.29 is 0 Å². The molecule has 2 N–H and O–H groups in total. The molecule has 2 heteroatoms. The number of hydrogen-bond acceptors (Lipinski definition) is 2. The Morgan fingerprint density at radius 3 is 2.55 bits per heavy atom. The summed E-state index contributed by atoms with van der Waals surface area (Å²) in [5.41, 5.74) is 5.62. The van der Waals surface area contributed by atoms with Crippen LogP contribution in [-0.2, 0) is 0 Å². The number of likely N-dealkylation sites (tertiary alicyclic amines) is 1. The molecule has 0 amide bonds. The summed E-state index contributed by atoms with van der Waals surface area (Å²) < 4.78 is 0. The van der Waals surface area contributed by atoms with Crippen molar-refractivity contribution in [3.8, 4) is 0 Å². The zero-order valence-electron chi connectivity index (χ0n) is 7.13. The van der Waals surface area contributed by atoms with E-state index in [4.69, 9.17) is 5.73 Å². The van der Waals surface area contributed by atoms with Crippen LogP contribution in [0, 0.1) is 11.8 Å². The summed E-state index contributed by atoms with van der Waals surface area (Å²) in [5, 5.41) is 0. The van der Waals surface area contributed by atoms with Crippen LogP contribution in [0.2, 0.25) is 0 Å². The van der Waals surface area contributed by atoms with Gasteiger partial charge in [0.1, 0.15) is 0 Å².